The van der Waals surface area contributed by atoms with Crippen molar-refractivity contribution < 1.29 is 23.7 Å². The van der Waals surface area contributed by atoms with E-state index in [1.165, 1.54) is 6.92 Å². The topological polar surface area (TPSA) is 120 Å². The van der Waals surface area contributed by atoms with E-state index in [4.69, 9.17) is 15.0 Å². The molecule has 1 fully saturated rings. The van der Waals surface area contributed by atoms with Crippen LogP contribution in [0.1, 0.15) is 60.5 Å². The molecule has 2 rings (SSSR count). The lowest BCUT2D eigenvalue weighted by molar-refractivity contribution is -0.131. The minimum absolute atomic E-state index is 0.187. The van der Waals surface area contributed by atoms with E-state index in [2.05, 4.69) is 10.6 Å². The van der Waals surface area contributed by atoms with Gasteiger partial charge in [0.25, 0.3) is 0 Å². The van der Waals surface area contributed by atoms with E-state index in [1.807, 2.05) is 65.8 Å². The van der Waals surface area contributed by atoms with Crippen LogP contribution in [0.3, 0.4) is 0 Å². The van der Waals surface area contributed by atoms with Crippen molar-refractivity contribution in [3.05, 3.63) is 29.8 Å². The molecule has 32 heavy (non-hydrogen) atoms. The lowest BCUT2D eigenvalue weighted by atomic mass is 9.78. The molecule has 3 amide bonds. The number of carbonyl (C=O) groups is 3. The predicted molar refractivity (Wildman–Crippen MR) is 124 cm³/mol. The fraction of sp³-hybridized carbons (Fsp3) is 0.609. The van der Waals surface area contributed by atoms with Crippen molar-refractivity contribution in [3.8, 4) is 0 Å². The van der Waals surface area contributed by atoms with Crippen molar-refractivity contribution in [3.63, 3.8) is 0 Å². The van der Waals surface area contributed by atoms with Crippen LogP contribution in [-0.4, -0.2) is 48.1 Å². The van der Waals surface area contributed by atoms with Gasteiger partial charge in [-0.3, -0.25) is 14.4 Å². The quantitative estimate of drug-likeness (QED) is 0.491. The van der Waals surface area contributed by atoms with Crippen LogP contribution in [0.5, 0.6) is 0 Å². The van der Waals surface area contributed by atoms with Gasteiger partial charge in [-0.25, -0.2) is 0 Å². The first-order valence-electron chi connectivity index (χ1n) is 11.0. The van der Waals surface area contributed by atoms with Gasteiger partial charge < -0.3 is 25.7 Å². The van der Waals surface area contributed by atoms with Gasteiger partial charge in [-0.15, -0.1) is 0 Å². The summed E-state index contributed by atoms with van der Waals surface area (Å²) in [5.41, 5.74) is 6.38. The van der Waals surface area contributed by atoms with Gasteiger partial charge in [0.2, 0.25) is 17.7 Å². The van der Waals surface area contributed by atoms with Gasteiger partial charge in [0, 0.05) is 13.3 Å². The molecule has 0 spiro atoms. The Kier molecular flexibility index (Phi) is 8.12. The highest BCUT2D eigenvalue weighted by Crippen LogP contribution is 2.36. The van der Waals surface area contributed by atoms with E-state index in [0.717, 1.165) is 11.0 Å². The van der Waals surface area contributed by atoms with Crippen molar-refractivity contribution in [1.29, 1.82) is 0 Å². The average Bonchev–Trinajstić information content (AvgIpc) is 2.87. The monoisotopic (exact) mass is 445 g/mol. The molecule has 1 aliphatic rings. The van der Waals surface area contributed by atoms with E-state index in [1.54, 1.807) is 0 Å². The number of amides is 3. The Balaban J connectivity index is 2.07. The molecule has 176 valence electrons. The van der Waals surface area contributed by atoms with E-state index in [9.17, 15) is 14.4 Å². The molecule has 1 aliphatic heterocycles. The Bertz CT molecular complexity index is 823. The van der Waals surface area contributed by atoms with Crippen LogP contribution >= 0.6 is 0 Å². The third-order valence-electron chi connectivity index (χ3n) is 6.01. The Morgan fingerprint density at radius 2 is 1.50 bits per heavy atom. The van der Waals surface area contributed by atoms with Crippen LogP contribution < -0.4 is 21.8 Å². The lowest BCUT2D eigenvalue weighted by Crippen LogP contribution is -2.53. The smallest absolute Gasteiger partial charge is 0.399 e. The number of primary amides is 1. The molecular weight excluding hydrogens is 409 g/mol. The normalized spacial score (nSPS) is 18.8. The molecule has 4 N–H and O–H groups in total. The van der Waals surface area contributed by atoms with Crippen molar-refractivity contribution in [2.45, 2.75) is 84.6 Å². The fourth-order valence-corrected chi connectivity index (χ4v) is 3.47. The molecule has 0 radical (unpaired) electrons. The molecule has 1 aromatic carbocycles. The van der Waals surface area contributed by atoms with Crippen molar-refractivity contribution >= 4 is 30.3 Å². The Morgan fingerprint density at radius 3 is 1.94 bits per heavy atom. The van der Waals surface area contributed by atoms with Crippen molar-refractivity contribution in [2.75, 3.05) is 0 Å². The van der Waals surface area contributed by atoms with E-state index in [0.29, 0.717) is 6.42 Å². The van der Waals surface area contributed by atoms with Crippen LogP contribution in [0.4, 0.5) is 0 Å². The molecule has 0 bridgehead atoms. The molecule has 9 heteroatoms. The Morgan fingerprint density at radius 1 is 0.969 bits per heavy atom. The third-order valence-corrected chi connectivity index (χ3v) is 6.01. The van der Waals surface area contributed by atoms with Crippen molar-refractivity contribution in [2.24, 2.45) is 11.7 Å². The van der Waals surface area contributed by atoms with Crippen molar-refractivity contribution in [1.82, 2.24) is 10.6 Å². The number of nitrogens with one attached hydrogen (secondary N) is 2. The number of hydrogen-bond acceptors (Lipinski definition) is 5. The zero-order valence-electron chi connectivity index (χ0n) is 20.2. The number of benzene rings is 1. The highest BCUT2D eigenvalue weighted by Gasteiger charge is 2.51. The molecule has 8 nitrogen and oxygen atoms in total. The Hall–Kier alpha value is -2.39. The van der Waals surface area contributed by atoms with Gasteiger partial charge in [0.05, 0.1) is 11.2 Å². The highest BCUT2D eigenvalue weighted by molar-refractivity contribution is 6.62. The molecular formula is C23H36BN3O5. The number of carbonyl (C=O) groups excluding carboxylic acids is 3. The summed E-state index contributed by atoms with van der Waals surface area (Å²) in [6.07, 6.45) is 0.693. The number of hydrogen-bond donors (Lipinski definition) is 3. The number of nitrogens with two attached hydrogens (primary N) is 1. The van der Waals surface area contributed by atoms with Gasteiger partial charge >= 0.3 is 7.12 Å². The maximum Gasteiger partial charge on any atom is 0.494 e. The van der Waals surface area contributed by atoms with E-state index in [-0.39, 0.29) is 18.2 Å². The zero-order chi connectivity index (χ0) is 24.3. The second-order valence-corrected chi connectivity index (χ2v) is 9.88. The fourth-order valence-electron chi connectivity index (χ4n) is 3.47. The molecule has 1 aromatic rings. The van der Waals surface area contributed by atoms with Gasteiger partial charge in [-0.1, -0.05) is 38.1 Å². The summed E-state index contributed by atoms with van der Waals surface area (Å²) in [5, 5.41) is 5.33. The summed E-state index contributed by atoms with van der Waals surface area (Å²) in [6, 6.07) is 5.88. The second-order valence-electron chi connectivity index (χ2n) is 9.88. The molecule has 0 aromatic heterocycles. The first-order valence-corrected chi connectivity index (χ1v) is 11.0. The first-order chi connectivity index (χ1) is 14.7. The van der Waals surface area contributed by atoms with E-state index < -0.39 is 42.2 Å². The maximum absolute atomic E-state index is 12.7. The second kappa shape index (κ2) is 10.0. The predicted octanol–water partition coefficient (Wildman–Crippen LogP) is 1.05. The highest BCUT2D eigenvalue weighted by atomic mass is 16.7. The van der Waals surface area contributed by atoms with Gasteiger partial charge in [-0.2, -0.15) is 0 Å². The number of rotatable bonds is 9. The van der Waals surface area contributed by atoms with Gasteiger partial charge in [0.1, 0.15) is 12.1 Å². The molecule has 0 aliphatic carbocycles. The van der Waals surface area contributed by atoms with Crippen LogP contribution in [-0.2, 0) is 30.1 Å². The van der Waals surface area contributed by atoms with Crippen LogP contribution in [0.15, 0.2) is 24.3 Å². The summed E-state index contributed by atoms with van der Waals surface area (Å²) in [7, 11) is -0.477. The summed E-state index contributed by atoms with van der Waals surface area (Å²) >= 11 is 0. The molecule has 1 saturated heterocycles. The lowest BCUT2D eigenvalue weighted by Gasteiger charge is -2.32. The summed E-state index contributed by atoms with van der Waals surface area (Å²) in [6.45, 7) is 13.2. The van der Waals surface area contributed by atoms with Crippen LogP contribution in [0, 0.1) is 5.92 Å². The Labute approximate surface area is 191 Å². The van der Waals surface area contributed by atoms with Gasteiger partial charge in [0.15, 0.2) is 0 Å². The summed E-state index contributed by atoms with van der Waals surface area (Å²) < 4.78 is 12.1. The molecule has 2 atom stereocenters. The van der Waals surface area contributed by atoms with Crippen LogP contribution in [0.25, 0.3) is 0 Å². The van der Waals surface area contributed by atoms with Gasteiger partial charge in [-0.05, 0) is 51.1 Å². The molecule has 0 saturated carbocycles. The zero-order valence-corrected chi connectivity index (χ0v) is 20.2. The summed E-state index contributed by atoms with van der Waals surface area (Å²) in [5.74, 6) is -1.18. The minimum atomic E-state index is -0.895. The average molecular weight is 445 g/mol. The molecule has 0 unspecified atom stereocenters. The minimum Gasteiger partial charge on any atom is -0.399 e. The van der Waals surface area contributed by atoms with E-state index >= 15 is 0 Å². The maximum atomic E-state index is 12.7. The SMILES string of the molecule is CC(=O)N[C@@H](CC(C)C)C(=O)N[C@H](Cc1ccc(B2OC(C)(C)C(C)(C)O2)cc1)C(N)=O. The first kappa shape index (κ1) is 25.9. The molecule has 1 heterocycles. The van der Waals surface area contributed by atoms with Crippen LogP contribution in [0.2, 0.25) is 0 Å². The summed E-state index contributed by atoms with van der Waals surface area (Å²) in [4.78, 5) is 36.2. The largest absolute Gasteiger partial charge is 0.494 e. The third kappa shape index (κ3) is 6.56. The standard InChI is InChI=1S/C23H36BN3O5/c1-14(2)12-19(26-15(3)28)21(30)27-18(20(25)29)13-16-8-10-17(11-9-16)24-31-22(4,5)23(6,7)32-24/h8-11,14,18-19H,12-13H2,1-7H3,(H2,25,29)(H,26,28)(H,27,30)/t18-,19+/m1/s1.